The van der Waals surface area contributed by atoms with Gasteiger partial charge >= 0.3 is 6.09 Å². The fourth-order valence-electron chi connectivity index (χ4n) is 7.82. The Morgan fingerprint density at radius 1 is 0.836 bits per heavy atom. The van der Waals surface area contributed by atoms with Crippen molar-refractivity contribution in [3.63, 3.8) is 0 Å². The number of likely N-dealkylation sites (tertiary alicyclic amines) is 1. The van der Waals surface area contributed by atoms with Gasteiger partial charge in [-0.1, -0.05) is 57.2 Å². The third-order valence-corrected chi connectivity index (χ3v) is 11.3. The number of benzene rings is 2. The first kappa shape index (κ1) is 38.3. The van der Waals surface area contributed by atoms with E-state index in [2.05, 4.69) is 71.6 Å². The van der Waals surface area contributed by atoms with Crippen LogP contribution in [0.4, 0.5) is 4.79 Å². The molecule has 3 amide bonds. The quantitative estimate of drug-likeness (QED) is 0.194. The van der Waals surface area contributed by atoms with Crippen molar-refractivity contribution in [1.29, 1.82) is 0 Å². The third kappa shape index (κ3) is 8.47. The summed E-state index contributed by atoms with van der Waals surface area (Å²) in [6.45, 7) is 8.99. The number of aromatic nitrogens is 4. The molecule has 0 spiro atoms. The first-order chi connectivity index (χ1) is 26.7. The van der Waals surface area contributed by atoms with E-state index in [0.717, 1.165) is 90.1 Å². The van der Waals surface area contributed by atoms with E-state index in [1.54, 1.807) is 4.90 Å². The summed E-state index contributed by atoms with van der Waals surface area (Å²) in [5, 5.41) is 2.66. The summed E-state index contributed by atoms with van der Waals surface area (Å²) >= 11 is 0. The zero-order chi connectivity index (χ0) is 38.5. The Balaban J connectivity index is 1.11. The molecule has 0 unspecified atom stereocenters. The molecule has 13 nitrogen and oxygen atoms in total. The lowest BCUT2D eigenvalue weighted by atomic mass is 9.96. The van der Waals surface area contributed by atoms with E-state index in [9.17, 15) is 14.4 Å². The summed E-state index contributed by atoms with van der Waals surface area (Å²) in [5.74, 6) is 1.80. The highest BCUT2D eigenvalue weighted by molar-refractivity contribution is 5.86. The summed E-state index contributed by atoms with van der Waals surface area (Å²) in [6, 6.07) is 13.6. The maximum Gasteiger partial charge on any atom is 0.407 e. The van der Waals surface area contributed by atoms with Gasteiger partial charge in [-0.3, -0.25) is 9.59 Å². The van der Waals surface area contributed by atoms with Gasteiger partial charge in [-0.2, -0.15) is 0 Å². The smallest absolute Gasteiger partial charge is 0.407 e. The van der Waals surface area contributed by atoms with Crippen LogP contribution in [0, 0.1) is 11.8 Å². The van der Waals surface area contributed by atoms with Crippen LogP contribution in [0.3, 0.4) is 0 Å². The molecule has 0 aliphatic carbocycles. The lowest BCUT2D eigenvalue weighted by molar-refractivity contribution is -0.137. The molecule has 2 aromatic heterocycles. The second kappa shape index (κ2) is 17.2. The summed E-state index contributed by atoms with van der Waals surface area (Å²) in [4.78, 5) is 59.6. The summed E-state index contributed by atoms with van der Waals surface area (Å²) in [6.07, 6.45) is 8.15. The fourth-order valence-corrected chi connectivity index (χ4v) is 7.82. The lowest BCUT2D eigenvalue weighted by Gasteiger charge is -2.28. The molecule has 3 N–H and O–H groups in total. The molecule has 0 radical (unpaired) electrons. The molecular formula is C42H53N7O6. The lowest BCUT2D eigenvalue weighted by Crippen LogP contribution is -2.50. The molecule has 2 fully saturated rings. The Labute approximate surface area is 322 Å². The first-order valence-electron chi connectivity index (χ1n) is 19.7. The highest BCUT2D eigenvalue weighted by Gasteiger charge is 2.37. The highest BCUT2D eigenvalue weighted by Crippen LogP contribution is 2.36. The number of carbonyl (C=O) groups excluding carboxylic acids is 3. The van der Waals surface area contributed by atoms with E-state index < -0.39 is 12.1 Å². The molecular weight excluding hydrogens is 699 g/mol. The van der Waals surface area contributed by atoms with Crippen molar-refractivity contribution in [1.82, 2.24) is 35.1 Å². The number of imidazole rings is 2. The predicted octanol–water partition coefficient (Wildman–Crippen LogP) is 6.80. The molecule has 3 aliphatic heterocycles. The van der Waals surface area contributed by atoms with Gasteiger partial charge in [-0.25, -0.2) is 14.8 Å². The Hall–Kier alpha value is -5.01. The summed E-state index contributed by atoms with van der Waals surface area (Å²) in [5.41, 5.74) is 6.74. The standard InChI is InChI=1S/C42H53N7O6/c1-26(2)27(3)40(50)48-17-7-9-36(48)38-43-22-33(45-38)29-13-11-28(12-14-29)30-15-16-32-31(21-30)24-54-19-5-6-20-55-25-35(47-42(52)53-4)41(51)49-18-8-10-37(49)39-44-23-34(32)46-39/h11-16,21-23,26-27,35-37H,5-10,17-20,24-25H2,1-4H3,(H,43,45)(H,44,46)(H,47,52)/t27-,35-,36-,37-/m0/s1. The highest BCUT2D eigenvalue weighted by atomic mass is 16.5. The van der Waals surface area contributed by atoms with Crippen molar-refractivity contribution in [2.45, 2.75) is 84.0 Å². The number of rotatable bonds is 6. The van der Waals surface area contributed by atoms with Gasteiger partial charge in [0.1, 0.15) is 17.7 Å². The number of fused-ring (bicyclic) bond motifs is 6. The number of carbonyl (C=O) groups is 3. The number of H-pyrrole nitrogens is 2. The molecule has 2 bridgehead atoms. The van der Waals surface area contributed by atoms with Crippen molar-refractivity contribution in [2.75, 3.05) is 40.0 Å². The molecule has 4 aromatic rings. The van der Waals surface area contributed by atoms with Gasteiger partial charge < -0.3 is 39.3 Å². The molecule has 3 aliphatic rings. The van der Waals surface area contributed by atoms with Crippen LogP contribution in [0.1, 0.15) is 88.6 Å². The first-order valence-corrected chi connectivity index (χ1v) is 19.7. The van der Waals surface area contributed by atoms with Crippen LogP contribution in [0.25, 0.3) is 33.6 Å². The van der Waals surface area contributed by atoms with Crippen molar-refractivity contribution in [3.05, 3.63) is 72.1 Å². The minimum absolute atomic E-state index is 0.0213. The van der Waals surface area contributed by atoms with E-state index in [4.69, 9.17) is 24.2 Å². The average molecular weight is 752 g/mol. The Morgan fingerprint density at radius 2 is 1.49 bits per heavy atom. The number of hydrogen-bond acceptors (Lipinski definition) is 8. The molecule has 292 valence electrons. The van der Waals surface area contributed by atoms with Gasteiger partial charge in [-0.05, 0) is 67.2 Å². The molecule has 13 heteroatoms. The van der Waals surface area contributed by atoms with E-state index in [-0.39, 0.29) is 36.4 Å². The number of alkyl carbamates (subject to hydrolysis) is 1. The summed E-state index contributed by atoms with van der Waals surface area (Å²) < 4.78 is 16.9. The van der Waals surface area contributed by atoms with Crippen LogP contribution in [0.2, 0.25) is 0 Å². The predicted molar refractivity (Wildman–Crippen MR) is 207 cm³/mol. The van der Waals surface area contributed by atoms with E-state index in [1.807, 2.05) is 24.2 Å². The minimum atomic E-state index is -0.863. The molecule has 2 aromatic carbocycles. The SMILES string of the molecule is COC(=O)N[C@H]1COCCCCOCc2cc(-c3ccc(-c4c[nH]c([C@@H]5CCCN5C(=O)[C@@H](C)C(C)C)n4)cc3)ccc2-c2c[nH]c(n2)[C@@H]2CCCN2C1=O. The zero-order valence-corrected chi connectivity index (χ0v) is 32.3. The number of methoxy groups -OCH3 is 1. The molecule has 0 saturated carbocycles. The number of nitrogens with zero attached hydrogens (tertiary/aromatic N) is 4. The van der Waals surface area contributed by atoms with Gasteiger partial charge in [0.2, 0.25) is 11.8 Å². The van der Waals surface area contributed by atoms with Crippen LogP contribution >= 0.6 is 0 Å². The summed E-state index contributed by atoms with van der Waals surface area (Å²) in [7, 11) is 1.28. The van der Waals surface area contributed by atoms with E-state index >= 15 is 0 Å². The van der Waals surface area contributed by atoms with Gasteiger partial charge in [0, 0.05) is 55.7 Å². The zero-order valence-electron chi connectivity index (χ0n) is 32.3. The topological polar surface area (TPSA) is 155 Å². The van der Waals surface area contributed by atoms with Crippen LogP contribution in [0.15, 0.2) is 54.9 Å². The van der Waals surface area contributed by atoms with Crippen LogP contribution < -0.4 is 5.32 Å². The second-order valence-electron chi connectivity index (χ2n) is 15.2. The maximum atomic E-state index is 13.7. The van der Waals surface area contributed by atoms with Crippen molar-refractivity contribution >= 4 is 17.9 Å². The Morgan fingerprint density at radius 3 is 2.25 bits per heavy atom. The maximum absolute atomic E-state index is 13.7. The molecule has 5 heterocycles. The van der Waals surface area contributed by atoms with Crippen LogP contribution in [-0.4, -0.2) is 93.7 Å². The van der Waals surface area contributed by atoms with Gasteiger partial charge in [0.05, 0.1) is 43.8 Å². The average Bonchev–Trinajstić information content (AvgIpc) is 4.04. The number of ether oxygens (including phenoxy) is 3. The van der Waals surface area contributed by atoms with Crippen LogP contribution in [-0.2, 0) is 30.4 Å². The number of nitrogens with one attached hydrogen (secondary N) is 3. The monoisotopic (exact) mass is 751 g/mol. The number of aromatic amines is 2. The molecule has 7 rings (SSSR count). The van der Waals surface area contributed by atoms with E-state index in [0.29, 0.717) is 38.1 Å². The van der Waals surface area contributed by atoms with E-state index in [1.165, 1.54) is 7.11 Å². The minimum Gasteiger partial charge on any atom is -0.453 e. The van der Waals surface area contributed by atoms with Crippen molar-refractivity contribution in [2.24, 2.45) is 11.8 Å². The van der Waals surface area contributed by atoms with Crippen molar-refractivity contribution < 1.29 is 28.6 Å². The third-order valence-electron chi connectivity index (χ3n) is 11.3. The second-order valence-corrected chi connectivity index (χ2v) is 15.2. The van der Waals surface area contributed by atoms with Gasteiger partial charge in [-0.15, -0.1) is 0 Å². The normalized spacial score (nSPS) is 21.5. The largest absolute Gasteiger partial charge is 0.453 e. The number of amides is 3. The van der Waals surface area contributed by atoms with Gasteiger partial charge in [0.25, 0.3) is 0 Å². The van der Waals surface area contributed by atoms with Crippen LogP contribution in [0.5, 0.6) is 0 Å². The number of hydrogen-bond donors (Lipinski definition) is 3. The van der Waals surface area contributed by atoms with Gasteiger partial charge in [0.15, 0.2) is 0 Å². The Bertz CT molecular complexity index is 1950. The molecule has 4 atom stereocenters. The molecule has 55 heavy (non-hydrogen) atoms. The fraction of sp³-hybridized carbons (Fsp3) is 0.500. The Kier molecular flexibility index (Phi) is 12.0. The van der Waals surface area contributed by atoms with Crippen molar-refractivity contribution in [3.8, 4) is 33.6 Å². The molecule has 2 saturated heterocycles.